The molecule has 6 heteroatoms. The SMILES string of the molecule is CCOCCN1CCC(N2CCC[C@H](C(=O)NCc3ccccn3)C2)CC1. The second-order valence-corrected chi connectivity index (χ2v) is 7.64. The van der Waals surface area contributed by atoms with E-state index < -0.39 is 0 Å². The van der Waals surface area contributed by atoms with Gasteiger partial charge in [-0.15, -0.1) is 0 Å². The van der Waals surface area contributed by atoms with Gasteiger partial charge >= 0.3 is 0 Å². The average Bonchev–Trinajstić information content (AvgIpc) is 2.73. The Bertz CT molecular complexity index is 561. The molecule has 0 radical (unpaired) electrons. The Kier molecular flexibility index (Phi) is 8.05. The normalized spacial score (nSPS) is 22.6. The number of nitrogens with zero attached hydrogens (tertiary/aromatic N) is 3. The fourth-order valence-corrected chi connectivity index (χ4v) is 4.22. The fraction of sp³-hybridized carbons (Fsp3) is 0.714. The molecule has 27 heavy (non-hydrogen) atoms. The van der Waals surface area contributed by atoms with Gasteiger partial charge in [-0.3, -0.25) is 14.7 Å². The molecule has 0 aromatic carbocycles. The molecule has 150 valence electrons. The quantitative estimate of drug-likeness (QED) is 0.705. The number of hydrogen-bond donors (Lipinski definition) is 1. The van der Waals surface area contributed by atoms with Gasteiger partial charge in [0.15, 0.2) is 0 Å². The molecule has 2 aliphatic rings. The maximum Gasteiger partial charge on any atom is 0.224 e. The second kappa shape index (κ2) is 10.7. The van der Waals surface area contributed by atoms with Gasteiger partial charge < -0.3 is 15.0 Å². The summed E-state index contributed by atoms with van der Waals surface area (Å²) >= 11 is 0. The molecule has 0 saturated carbocycles. The first-order valence-electron chi connectivity index (χ1n) is 10.5. The van der Waals surface area contributed by atoms with E-state index in [1.54, 1.807) is 6.20 Å². The third kappa shape index (κ3) is 6.26. The van der Waals surface area contributed by atoms with Crippen LogP contribution in [0.2, 0.25) is 0 Å². The highest BCUT2D eigenvalue weighted by molar-refractivity contribution is 5.78. The Morgan fingerprint density at radius 1 is 1.26 bits per heavy atom. The van der Waals surface area contributed by atoms with Crippen molar-refractivity contribution in [3.8, 4) is 0 Å². The van der Waals surface area contributed by atoms with Crippen molar-refractivity contribution in [3.63, 3.8) is 0 Å². The number of ether oxygens (including phenoxy) is 1. The molecule has 1 atom stereocenters. The zero-order chi connectivity index (χ0) is 18.9. The summed E-state index contributed by atoms with van der Waals surface area (Å²) in [6, 6.07) is 6.43. The van der Waals surface area contributed by atoms with Gasteiger partial charge in [-0.25, -0.2) is 0 Å². The topological polar surface area (TPSA) is 57.7 Å². The molecular formula is C21H34N4O2. The molecule has 1 amide bonds. The highest BCUT2D eigenvalue weighted by Gasteiger charge is 2.31. The molecule has 3 heterocycles. The third-order valence-corrected chi connectivity index (χ3v) is 5.82. The van der Waals surface area contributed by atoms with Crippen LogP contribution in [0.3, 0.4) is 0 Å². The minimum Gasteiger partial charge on any atom is -0.380 e. The molecule has 0 bridgehead atoms. The Morgan fingerprint density at radius 3 is 2.85 bits per heavy atom. The summed E-state index contributed by atoms with van der Waals surface area (Å²) in [7, 11) is 0. The Hall–Kier alpha value is -1.50. The molecule has 1 aromatic rings. The largest absolute Gasteiger partial charge is 0.380 e. The summed E-state index contributed by atoms with van der Waals surface area (Å²) in [4.78, 5) is 22.0. The number of hydrogen-bond acceptors (Lipinski definition) is 5. The Morgan fingerprint density at radius 2 is 2.11 bits per heavy atom. The lowest BCUT2D eigenvalue weighted by Crippen LogP contribution is -2.51. The highest BCUT2D eigenvalue weighted by atomic mass is 16.5. The predicted molar refractivity (Wildman–Crippen MR) is 106 cm³/mol. The lowest BCUT2D eigenvalue weighted by Gasteiger charge is -2.42. The van der Waals surface area contributed by atoms with Crippen molar-refractivity contribution < 1.29 is 9.53 Å². The van der Waals surface area contributed by atoms with Crippen molar-refractivity contribution in [2.45, 2.75) is 45.2 Å². The van der Waals surface area contributed by atoms with E-state index >= 15 is 0 Å². The number of carbonyl (C=O) groups is 1. The van der Waals surface area contributed by atoms with Crippen molar-refractivity contribution in [3.05, 3.63) is 30.1 Å². The number of nitrogens with one attached hydrogen (secondary N) is 1. The maximum atomic E-state index is 12.6. The minimum atomic E-state index is 0.110. The summed E-state index contributed by atoms with van der Waals surface area (Å²) in [6.07, 6.45) is 6.29. The van der Waals surface area contributed by atoms with Crippen molar-refractivity contribution in [1.82, 2.24) is 20.1 Å². The van der Waals surface area contributed by atoms with Crippen LogP contribution in [0.25, 0.3) is 0 Å². The minimum absolute atomic E-state index is 0.110. The van der Waals surface area contributed by atoms with Gasteiger partial charge in [-0.1, -0.05) is 6.07 Å². The second-order valence-electron chi connectivity index (χ2n) is 7.64. The zero-order valence-electron chi connectivity index (χ0n) is 16.6. The molecule has 2 aliphatic heterocycles. The monoisotopic (exact) mass is 374 g/mol. The number of piperidine rings is 2. The summed E-state index contributed by atoms with van der Waals surface area (Å²) in [6.45, 7) is 9.57. The summed E-state index contributed by atoms with van der Waals surface area (Å²) < 4.78 is 5.47. The molecule has 1 N–H and O–H groups in total. The van der Waals surface area contributed by atoms with E-state index in [2.05, 4.69) is 20.1 Å². The number of rotatable bonds is 8. The van der Waals surface area contributed by atoms with Crippen LogP contribution in [0.4, 0.5) is 0 Å². The predicted octanol–water partition coefficient (Wildman–Crippen LogP) is 1.91. The van der Waals surface area contributed by atoms with Crippen molar-refractivity contribution in [1.29, 1.82) is 0 Å². The van der Waals surface area contributed by atoms with E-state index in [0.29, 0.717) is 12.6 Å². The number of amides is 1. The Balaban J connectivity index is 1.40. The first-order chi connectivity index (χ1) is 13.3. The van der Waals surface area contributed by atoms with Crippen LogP contribution in [-0.2, 0) is 16.1 Å². The van der Waals surface area contributed by atoms with E-state index in [4.69, 9.17) is 4.74 Å². The molecule has 2 saturated heterocycles. The molecule has 2 fully saturated rings. The molecule has 0 unspecified atom stereocenters. The lowest BCUT2D eigenvalue weighted by molar-refractivity contribution is -0.127. The lowest BCUT2D eigenvalue weighted by atomic mass is 9.93. The highest BCUT2D eigenvalue weighted by Crippen LogP contribution is 2.24. The summed E-state index contributed by atoms with van der Waals surface area (Å²) in [5.41, 5.74) is 0.915. The van der Waals surface area contributed by atoms with E-state index in [-0.39, 0.29) is 11.8 Å². The molecule has 6 nitrogen and oxygen atoms in total. The average molecular weight is 375 g/mol. The maximum absolute atomic E-state index is 12.6. The van der Waals surface area contributed by atoms with Crippen molar-refractivity contribution >= 4 is 5.91 Å². The molecule has 3 rings (SSSR count). The van der Waals surface area contributed by atoms with Crippen LogP contribution >= 0.6 is 0 Å². The van der Waals surface area contributed by atoms with Gasteiger partial charge in [0.1, 0.15) is 0 Å². The van der Waals surface area contributed by atoms with Crippen molar-refractivity contribution in [2.75, 3.05) is 45.9 Å². The van der Waals surface area contributed by atoms with Crippen LogP contribution in [0, 0.1) is 5.92 Å². The number of aromatic nitrogens is 1. The van der Waals surface area contributed by atoms with E-state index in [9.17, 15) is 4.79 Å². The van der Waals surface area contributed by atoms with Crippen molar-refractivity contribution in [2.24, 2.45) is 5.92 Å². The van der Waals surface area contributed by atoms with Crippen LogP contribution in [0.5, 0.6) is 0 Å². The van der Waals surface area contributed by atoms with E-state index in [1.807, 2.05) is 25.1 Å². The molecular weight excluding hydrogens is 340 g/mol. The fourth-order valence-electron chi connectivity index (χ4n) is 4.22. The molecule has 1 aromatic heterocycles. The van der Waals surface area contributed by atoms with Gasteiger partial charge in [-0.2, -0.15) is 0 Å². The van der Waals surface area contributed by atoms with Crippen LogP contribution < -0.4 is 5.32 Å². The van der Waals surface area contributed by atoms with E-state index in [0.717, 1.165) is 64.5 Å². The van der Waals surface area contributed by atoms with Gasteiger partial charge in [0.2, 0.25) is 5.91 Å². The van der Waals surface area contributed by atoms with Gasteiger partial charge in [0.25, 0.3) is 0 Å². The van der Waals surface area contributed by atoms with Gasteiger partial charge in [0, 0.05) is 31.9 Å². The summed E-state index contributed by atoms with van der Waals surface area (Å²) in [5.74, 6) is 0.290. The molecule has 0 spiro atoms. The van der Waals surface area contributed by atoms with Crippen LogP contribution in [0.15, 0.2) is 24.4 Å². The Labute approximate surface area is 163 Å². The summed E-state index contributed by atoms with van der Waals surface area (Å²) in [5, 5.41) is 3.08. The smallest absolute Gasteiger partial charge is 0.224 e. The third-order valence-electron chi connectivity index (χ3n) is 5.82. The number of carbonyl (C=O) groups excluding carboxylic acids is 1. The van der Waals surface area contributed by atoms with Crippen LogP contribution in [0.1, 0.15) is 38.3 Å². The first-order valence-corrected chi connectivity index (χ1v) is 10.5. The number of pyridine rings is 1. The number of likely N-dealkylation sites (tertiary alicyclic amines) is 2. The first kappa shape index (κ1) is 20.2. The molecule has 0 aliphatic carbocycles. The van der Waals surface area contributed by atoms with Gasteiger partial charge in [-0.05, 0) is 64.4 Å². The van der Waals surface area contributed by atoms with Gasteiger partial charge in [0.05, 0.1) is 24.8 Å². The standard InChI is InChI=1S/C21H34N4O2/c1-2-27-15-14-24-12-8-20(9-13-24)25-11-5-6-18(17-25)21(26)23-16-19-7-3-4-10-22-19/h3-4,7,10,18,20H,2,5-6,8-9,11-17H2,1H3,(H,23,26)/t18-/m0/s1. The zero-order valence-corrected chi connectivity index (χ0v) is 16.6. The van der Waals surface area contributed by atoms with E-state index in [1.165, 1.54) is 12.8 Å². The van der Waals surface area contributed by atoms with Crippen LogP contribution in [-0.4, -0.2) is 72.7 Å².